The Labute approximate surface area is 147 Å². The molecule has 0 spiro atoms. The zero-order valence-electron chi connectivity index (χ0n) is 14.5. The summed E-state index contributed by atoms with van der Waals surface area (Å²) >= 11 is 0. The Balaban J connectivity index is 2.09. The molecule has 0 radical (unpaired) electrons. The molecule has 120 valence electrons. The molecule has 5 rings (SSSR count). The minimum absolute atomic E-state index is 1.25. The topological polar surface area (TPSA) is 4.41 Å². The Hall–Kier alpha value is -3.06. The predicted molar refractivity (Wildman–Crippen MR) is 107 cm³/mol. The van der Waals surface area contributed by atoms with Crippen molar-refractivity contribution in [3.8, 4) is 11.3 Å². The number of hydrogen-bond donors (Lipinski definition) is 0. The third-order valence-corrected chi connectivity index (χ3v) is 5.19. The van der Waals surface area contributed by atoms with Crippen LogP contribution < -0.4 is 0 Å². The normalized spacial score (nSPS) is 11.6. The van der Waals surface area contributed by atoms with Gasteiger partial charge in [0.25, 0.3) is 0 Å². The number of rotatable bonds is 1. The summed E-state index contributed by atoms with van der Waals surface area (Å²) in [5.74, 6) is 0. The van der Waals surface area contributed by atoms with E-state index in [1.165, 1.54) is 49.6 Å². The minimum Gasteiger partial charge on any atom is -0.308 e. The summed E-state index contributed by atoms with van der Waals surface area (Å²) in [5.41, 5.74) is 7.73. The molecule has 0 aliphatic heterocycles. The molecule has 0 saturated heterocycles. The summed E-state index contributed by atoms with van der Waals surface area (Å²) in [5, 5.41) is 3.95. The quantitative estimate of drug-likeness (QED) is 0.330. The molecule has 0 amide bonds. The second-order valence-electron chi connectivity index (χ2n) is 6.81. The van der Waals surface area contributed by atoms with Crippen LogP contribution in [0.25, 0.3) is 38.4 Å². The van der Waals surface area contributed by atoms with Crippen LogP contribution in [0.15, 0.2) is 78.9 Å². The van der Waals surface area contributed by atoms with Crippen LogP contribution in [0.1, 0.15) is 11.1 Å². The number of aryl methyl sites for hydroxylation is 2. The van der Waals surface area contributed by atoms with Gasteiger partial charge in [-0.25, -0.2) is 0 Å². The van der Waals surface area contributed by atoms with Gasteiger partial charge in [-0.1, -0.05) is 72.3 Å². The number of hydrogen-bond acceptors (Lipinski definition) is 0. The number of nitrogens with zero attached hydrogens (tertiary/aromatic N) is 1. The first-order valence-electron chi connectivity index (χ1n) is 8.72. The van der Waals surface area contributed by atoms with Crippen LogP contribution in [-0.2, 0) is 0 Å². The minimum atomic E-state index is 1.25. The van der Waals surface area contributed by atoms with Gasteiger partial charge in [0, 0.05) is 10.8 Å². The van der Waals surface area contributed by atoms with E-state index in [0.717, 1.165) is 0 Å². The van der Waals surface area contributed by atoms with E-state index >= 15 is 0 Å². The third-order valence-electron chi connectivity index (χ3n) is 5.19. The lowest BCUT2D eigenvalue weighted by Crippen LogP contribution is -1.94. The Morgan fingerprint density at radius 3 is 2.28 bits per heavy atom. The van der Waals surface area contributed by atoms with Crippen molar-refractivity contribution in [1.82, 2.24) is 4.40 Å². The van der Waals surface area contributed by atoms with Crippen molar-refractivity contribution in [1.29, 1.82) is 0 Å². The first kappa shape index (κ1) is 14.3. The molecule has 0 fully saturated rings. The van der Waals surface area contributed by atoms with Gasteiger partial charge < -0.3 is 4.40 Å². The summed E-state index contributed by atoms with van der Waals surface area (Å²) < 4.78 is 2.43. The molecule has 1 heteroatoms. The van der Waals surface area contributed by atoms with Gasteiger partial charge in [0.15, 0.2) is 0 Å². The first-order chi connectivity index (χ1) is 12.2. The van der Waals surface area contributed by atoms with Crippen LogP contribution in [-0.4, -0.2) is 4.40 Å². The van der Waals surface area contributed by atoms with E-state index < -0.39 is 0 Å². The van der Waals surface area contributed by atoms with Crippen molar-refractivity contribution in [3.63, 3.8) is 0 Å². The van der Waals surface area contributed by atoms with Crippen LogP contribution in [0.3, 0.4) is 0 Å². The average molecular weight is 321 g/mol. The highest BCUT2D eigenvalue weighted by atomic mass is 14.9. The number of benzene rings is 3. The van der Waals surface area contributed by atoms with Crippen molar-refractivity contribution in [3.05, 3.63) is 90.0 Å². The van der Waals surface area contributed by atoms with E-state index in [4.69, 9.17) is 0 Å². The Bertz CT molecular complexity index is 1240. The van der Waals surface area contributed by atoms with Crippen molar-refractivity contribution < 1.29 is 0 Å². The maximum Gasteiger partial charge on any atom is 0.0576 e. The Kier molecular flexibility index (Phi) is 2.98. The molecule has 3 aromatic carbocycles. The van der Waals surface area contributed by atoms with Crippen molar-refractivity contribution in [2.24, 2.45) is 0 Å². The van der Waals surface area contributed by atoms with Crippen molar-refractivity contribution in [2.75, 3.05) is 0 Å². The molecule has 2 aromatic heterocycles. The summed E-state index contributed by atoms with van der Waals surface area (Å²) in [6.07, 6.45) is 0. The SMILES string of the molecule is Cc1ccc2c(c1)cc(-c1ccccc1)n1c3ccccc3c(C)c21. The molecule has 0 saturated carbocycles. The van der Waals surface area contributed by atoms with Crippen LogP contribution in [0.4, 0.5) is 0 Å². The van der Waals surface area contributed by atoms with Crippen LogP contribution >= 0.6 is 0 Å². The number of aromatic nitrogens is 1. The molecule has 2 heterocycles. The summed E-state index contributed by atoms with van der Waals surface area (Å²) in [7, 11) is 0. The van der Waals surface area contributed by atoms with Gasteiger partial charge in [-0.15, -0.1) is 0 Å². The van der Waals surface area contributed by atoms with E-state index in [-0.39, 0.29) is 0 Å². The fraction of sp³-hybridized carbons (Fsp3) is 0.0833. The molecular weight excluding hydrogens is 302 g/mol. The molecule has 0 aliphatic rings. The van der Waals surface area contributed by atoms with Gasteiger partial charge in [0.1, 0.15) is 0 Å². The van der Waals surface area contributed by atoms with Crippen molar-refractivity contribution >= 4 is 27.2 Å². The summed E-state index contributed by atoms with van der Waals surface area (Å²) in [6.45, 7) is 4.40. The highest BCUT2D eigenvalue weighted by Crippen LogP contribution is 2.36. The zero-order valence-corrected chi connectivity index (χ0v) is 14.5. The van der Waals surface area contributed by atoms with Gasteiger partial charge >= 0.3 is 0 Å². The lowest BCUT2D eigenvalue weighted by atomic mass is 10.0. The molecule has 25 heavy (non-hydrogen) atoms. The van der Waals surface area contributed by atoms with Gasteiger partial charge in [0.2, 0.25) is 0 Å². The first-order valence-corrected chi connectivity index (χ1v) is 8.72. The number of para-hydroxylation sites is 1. The standard InChI is InChI=1S/C24H19N/c1-16-12-13-21-19(14-16)15-23(18-8-4-3-5-9-18)25-22-11-7-6-10-20(22)17(2)24(21)25/h3-15H,1-2H3. The van der Waals surface area contributed by atoms with E-state index in [9.17, 15) is 0 Å². The highest BCUT2D eigenvalue weighted by molar-refractivity contribution is 6.07. The van der Waals surface area contributed by atoms with Crippen LogP contribution in [0.5, 0.6) is 0 Å². The fourth-order valence-corrected chi connectivity index (χ4v) is 4.02. The number of pyridine rings is 1. The van der Waals surface area contributed by atoms with Crippen LogP contribution in [0.2, 0.25) is 0 Å². The second-order valence-corrected chi connectivity index (χ2v) is 6.81. The lowest BCUT2D eigenvalue weighted by molar-refractivity contribution is 1.26. The molecule has 0 bridgehead atoms. The molecule has 0 aliphatic carbocycles. The smallest absolute Gasteiger partial charge is 0.0576 e. The summed E-state index contributed by atoms with van der Waals surface area (Å²) in [4.78, 5) is 0. The monoisotopic (exact) mass is 321 g/mol. The lowest BCUT2D eigenvalue weighted by Gasteiger charge is -2.12. The number of fused-ring (bicyclic) bond motifs is 5. The van der Waals surface area contributed by atoms with E-state index in [1.807, 2.05) is 0 Å². The molecule has 1 nitrogen and oxygen atoms in total. The zero-order chi connectivity index (χ0) is 17.0. The predicted octanol–water partition coefficient (Wildman–Crippen LogP) is 6.53. The van der Waals surface area contributed by atoms with Crippen molar-refractivity contribution in [2.45, 2.75) is 13.8 Å². The largest absolute Gasteiger partial charge is 0.308 e. The van der Waals surface area contributed by atoms with Gasteiger partial charge in [0.05, 0.1) is 16.7 Å². The Morgan fingerprint density at radius 2 is 1.44 bits per heavy atom. The summed E-state index contributed by atoms with van der Waals surface area (Å²) in [6, 6.07) is 28.5. The van der Waals surface area contributed by atoms with E-state index in [0.29, 0.717) is 0 Å². The van der Waals surface area contributed by atoms with E-state index in [2.05, 4.69) is 97.1 Å². The third kappa shape index (κ3) is 2.02. The molecule has 5 aromatic rings. The van der Waals surface area contributed by atoms with Crippen LogP contribution in [0, 0.1) is 13.8 Å². The molecule has 0 unspecified atom stereocenters. The second kappa shape index (κ2) is 5.22. The molecular formula is C24H19N. The van der Waals surface area contributed by atoms with Gasteiger partial charge in [-0.2, -0.15) is 0 Å². The highest BCUT2D eigenvalue weighted by Gasteiger charge is 2.15. The van der Waals surface area contributed by atoms with Gasteiger partial charge in [-0.3, -0.25) is 0 Å². The molecule has 0 atom stereocenters. The van der Waals surface area contributed by atoms with Gasteiger partial charge in [-0.05, 0) is 42.5 Å². The Morgan fingerprint density at radius 1 is 0.680 bits per heavy atom. The molecule has 0 N–H and O–H groups in total. The van der Waals surface area contributed by atoms with E-state index in [1.54, 1.807) is 0 Å². The maximum atomic E-state index is 2.43. The maximum absolute atomic E-state index is 2.43. The fourth-order valence-electron chi connectivity index (χ4n) is 4.02. The average Bonchev–Trinajstić information content (AvgIpc) is 2.95.